The Hall–Kier alpha value is -1.42. The molecule has 136 valence electrons. The fraction of sp³-hybridized carbons (Fsp3) is 0.714. The van der Waals surface area contributed by atoms with E-state index in [-0.39, 0.29) is 5.78 Å². The van der Waals surface area contributed by atoms with Crippen molar-refractivity contribution < 1.29 is 4.79 Å². The van der Waals surface area contributed by atoms with Gasteiger partial charge in [0.15, 0.2) is 5.78 Å². The van der Waals surface area contributed by atoms with Gasteiger partial charge in [-0.15, -0.1) is 0 Å². The van der Waals surface area contributed by atoms with Crippen LogP contribution in [0.4, 0.5) is 5.82 Å². The molecule has 0 N–H and O–H groups in total. The van der Waals surface area contributed by atoms with Crippen LogP contribution in [0.5, 0.6) is 0 Å². The fourth-order valence-corrected chi connectivity index (χ4v) is 5.52. The summed E-state index contributed by atoms with van der Waals surface area (Å²) in [5.74, 6) is 2.69. The smallest absolute Gasteiger partial charge is 0.161 e. The number of piperidine rings is 3. The first-order valence-corrected chi connectivity index (χ1v) is 10.1. The van der Waals surface area contributed by atoms with E-state index >= 15 is 0 Å². The summed E-state index contributed by atoms with van der Waals surface area (Å²) >= 11 is 0. The Kier molecular flexibility index (Phi) is 4.81. The van der Waals surface area contributed by atoms with Crippen LogP contribution in [-0.4, -0.2) is 47.4 Å². The van der Waals surface area contributed by atoms with Crippen molar-refractivity contribution in [3.05, 3.63) is 23.9 Å². The molecule has 0 aliphatic carbocycles. The van der Waals surface area contributed by atoms with Gasteiger partial charge in [0, 0.05) is 43.5 Å². The molecule has 4 heteroatoms. The summed E-state index contributed by atoms with van der Waals surface area (Å²) in [6.45, 7) is 7.45. The molecule has 1 aromatic heterocycles. The Morgan fingerprint density at radius 2 is 2.12 bits per heavy atom. The van der Waals surface area contributed by atoms with E-state index in [1.165, 1.54) is 45.1 Å². The summed E-state index contributed by atoms with van der Waals surface area (Å²) in [6.07, 6.45) is 9.99. The SMILES string of the molecule is CCC[C@H]1CCC[C@H]2[C@@H]3C[C@@H](CN(c4ccc(C(C)=O)cn4)C3)CN12. The zero-order chi connectivity index (χ0) is 17.4. The van der Waals surface area contributed by atoms with E-state index in [1.54, 1.807) is 13.1 Å². The van der Waals surface area contributed by atoms with Crippen LogP contribution in [0.1, 0.15) is 62.7 Å². The molecule has 4 heterocycles. The summed E-state index contributed by atoms with van der Waals surface area (Å²) < 4.78 is 0. The van der Waals surface area contributed by atoms with Gasteiger partial charge in [-0.3, -0.25) is 9.69 Å². The molecule has 2 bridgehead atoms. The van der Waals surface area contributed by atoms with Gasteiger partial charge in [-0.2, -0.15) is 0 Å². The quantitative estimate of drug-likeness (QED) is 0.781. The number of nitrogens with zero attached hydrogens (tertiary/aromatic N) is 3. The van der Waals surface area contributed by atoms with Crippen molar-refractivity contribution in [3.63, 3.8) is 0 Å². The van der Waals surface area contributed by atoms with E-state index in [0.29, 0.717) is 5.56 Å². The van der Waals surface area contributed by atoms with Crippen molar-refractivity contribution in [2.75, 3.05) is 24.5 Å². The van der Waals surface area contributed by atoms with Gasteiger partial charge in [0.25, 0.3) is 0 Å². The molecule has 0 amide bonds. The third-order valence-electron chi connectivity index (χ3n) is 6.62. The van der Waals surface area contributed by atoms with E-state index in [0.717, 1.165) is 42.8 Å². The topological polar surface area (TPSA) is 36.4 Å². The van der Waals surface area contributed by atoms with Crippen LogP contribution < -0.4 is 4.90 Å². The van der Waals surface area contributed by atoms with E-state index in [4.69, 9.17) is 0 Å². The molecule has 4 nitrogen and oxygen atoms in total. The lowest BCUT2D eigenvalue weighted by Gasteiger charge is -2.55. The molecule has 25 heavy (non-hydrogen) atoms. The molecule has 3 aliphatic heterocycles. The molecule has 3 saturated heterocycles. The van der Waals surface area contributed by atoms with Crippen LogP contribution >= 0.6 is 0 Å². The Morgan fingerprint density at radius 1 is 1.24 bits per heavy atom. The van der Waals surface area contributed by atoms with E-state index < -0.39 is 0 Å². The highest BCUT2D eigenvalue weighted by Gasteiger charge is 2.44. The number of pyridine rings is 1. The third-order valence-corrected chi connectivity index (χ3v) is 6.62. The molecule has 0 saturated carbocycles. The van der Waals surface area contributed by atoms with Gasteiger partial charge in [0.1, 0.15) is 5.82 Å². The molecule has 0 aromatic carbocycles. The lowest BCUT2D eigenvalue weighted by Crippen LogP contribution is -2.61. The van der Waals surface area contributed by atoms with Crippen molar-refractivity contribution in [1.29, 1.82) is 0 Å². The second-order valence-corrected chi connectivity index (χ2v) is 8.37. The number of fused-ring (bicyclic) bond motifs is 4. The van der Waals surface area contributed by atoms with E-state index in [1.807, 2.05) is 12.1 Å². The first-order valence-electron chi connectivity index (χ1n) is 10.1. The number of anilines is 1. The maximum absolute atomic E-state index is 11.5. The van der Waals surface area contributed by atoms with Gasteiger partial charge in [-0.1, -0.05) is 19.8 Å². The number of rotatable bonds is 4. The van der Waals surface area contributed by atoms with E-state index in [9.17, 15) is 4.79 Å². The van der Waals surface area contributed by atoms with Gasteiger partial charge in [-0.05, 0) is 56.6 Å². The summed E-state index contributed by atoms with van der Waals surface area (Å²) in [6, 6.07) is 5.57. The minimum absolute atomic E-state index is 0.0920. The maximum Gasteiger partial charge on any atom is 0.161 e. The Bertz CT molecular complexity index is 612. The highest BCUT2D eigenvalue weighted by molar-refractivity contribution is 5.93. The molecule has 1 aromatic rings. The molecule has 0 spiro atoms. The summed E-state index contributed by atoms with van der Waals surface area (Å²) in [4.78, 5) is 21.4. The molecule has 0 radical (unpaired) electrons. The normalized spacial score (nSPS) is 32.3. The second kappa shape index (κ2) is 7.06. The van der Waals surface area contributed by atoms with Gasteiger partial charge in [0.05, 0.1) is 0 Å². The van der Waals surface area contributed by atoms with Crippen molar-refractivity contribution in [2.24, 2.45) is 11.8 Å². The van der Waals surface area contributed by atoms with Gasteiger partial charge >= 0.3 is 0 Å². The maximum atomic E-state index is 11.5. The lowest BCUT2D eigenvalue weighted by atomic mass is 9.74. The minimum atomic E-state index is 0.0920. The largest absolute Gasteiger partial charge is 0.356 e. The van der Waals surface area contributed by atoms with Crippen LogP contribution in [-0.2, 0) is 0 Å². The highest BCUT2D eigenvalue weighted by Crippen LogP contribution is 2.41. The Morgan fingerprint density at radius 3 is 2.84 bits per heavy atom. The molecular formula is C21H31N3O. The van der Waals surface area contributed by atoms with Crippen molar-refractivity contribution in [1.82, 2.24) is 9.88 Å². The summed E-state index contributed by atoms with van der Waals surface area (Å²) in [5.41, 5.74) is 0.710. The van der Waals surface area contributed by atoms with Crippen molar-refractivity contribution in [3.8, 4) is 0 Å². The minimum Gasteiger partial charge on any atom is -0.356 e. The zero-order valence-corrected chi connectivity index (χ0v) is 15.7. The predicted molar refractivity (Wildman–Crippen MR) is 101 cm³/mol. The summed E-state index contributed by atoms with van der Waals surface area (Å²) in [5, 5.41) is 0. The second-order valence-electron chi connectivity index (χ2n) is 8.37. The average Bonchev–Trinajstić information content (AvgIpc) is 2.62. The predicted octanol–water partition coefficient (Wildman–Crippen LogP) is 3.76. The summed E-state index contributed by atoms with van der Waals surface area (Å²) in [7, 11) is 0. The van der Waals surface area contributed by atoms with Gasteiger partial charge in [0.2, 0.25) is 0 Å². The first-order chi connectivity index (χ1) is 12.2. The average molecular weight is 341 g/mol. The van der Waals surface area contributed by atoms with Crippen molar-refractivity contribution in [2.45, 2.75) is 64.5 Å². The number of hydrogen-bond acceptors (Lipinski definition) is 4. The van der Waals surface area contributed by atoms with Gasteiger partial charge < -0.3 is 4.90 Å². The number of carbonyl (C=O) groups excluding carboxylic acids is 1. The van der Waals surface area contributed by atoms with Crippen LogP contribution in [0.15, 0.2) is 18.3 Å². The molecule has 3 fully saturated rings. The van der Waals surface area contributed by atoms with Crippen LogP contribution in [0.2, 0.25) is 0 Å². The Balaban J connectivity index is 1.49. The number of hydrogen-bond donors (Lipinski definition) is 0. The molecule has 3 aliphatic rings. The standard InChI is InChI=1S/C21H31N3O/c1-3-5-19-6-4-7-20-18-10-16(13-24(19)20)12-23(14-18)21-9-8-17(11-22-21)15(2)25/h8-9,11,16,18-20H,3-7,10,12-14H2,1-2H3/t16-,18+,19-,20-/m0/s1. The van der Waals surface area contributed by atoms with Crippen LogP contribution in [0.3, 0.4) is 0 Å². The van der Waals surface area contributed by atoms with Crippen molar-refractivity contribution >= 4 is 11.6 Å². The van der Waals surface area contributed by atoms with E-state index in [2.05, 4.69) is 21.7 Å². The number of Topliss-reactive ketones (excluding diaryl/α,β-unsaturated/α-hetero) is 1. The molecule has 4 atom stereocenters. The number of ketones is 1. The van der Waals surface area contributed by atoms with Gasteiger partial charge in [-0.25, -0.2) is 4.98 Å². The Labute approximate surface area is 151 Å². The molecule has 0 unspecified atom stereocenters. The van der Waals surface area contributed by atoms with Crippen LogP contribution in [0, 0.1) is 11.8 Å². The third kappa shape index (κ3) is 3.33. The fourth-order valence-electron chi connectivity index (χ4n) is 5.52. The zero-order valence-electron chi connectivity index (χ0n) is 15.7. The molecule has 4 rings (SSSR count). The molecular weight excluding hydrogens is 310 g/mol. The first kappa shape index (κ1) is 17.0. The monoisotopic (exact) mass is 341 g/mol. The van der Waals surface area contributed by atoms with Crippen LogP contribution in [0.25, 0.3) is 0 Å². The lowest BCUT2D eigenvalue weighted by molar-refractivity contribution is -0.0216. The number of aromatic nitrogens is 1. The highest BCUT2D eigenvalue weighted by atomic mass is 16.1. The number of carbonyl (C=O) groups is 1.